The largest absolute Gasteiger partial charge is 0.377 e. The molecule has 1 fully saturated rings. The van der Waals surface area contributed by atoms with Crippen LogP contribution in [-0.2, 0) is 4.74 Å². The van der Waals surface area contributed by atoms with Crippen molar-refractivity contribution in [3.05, 3.63) is 4.91 Å². The molecule has 1 heterocycles. The highest BCUT2D eigenvalue weighted by atomic mass is 16.5. The van der Waals surface area contributed by atoms with Gasteiger partial charge in [-0.1, -0.05) is 0 Å². The third-order valence-electron chi connectivity index (χ3n) is 1.44. The summed E-state index contributed by atoms with van der Waals surface area (Å²) >= 11 is 0. The standard InChI is InChI=1S/C5H10N2O2/c1-5-4-9-3-2-7(5)6-8/h5H,2-4H2,1H3/t5-/m0/s1. The van der Waals surface area contributed by atoms with Crippen LogP contribution in [-0.4, -0.2) is 30.8 Å². The summed E-state index contributed by atoms with van der Waals surface area (Å²) in [6.45, 7) is 3.78. The van der Waals surface area contributed by atoms with Gasteiger partial charge in [-0.25, -0.2) is 0 Å². The lowest BCUT2D eigenvalue weighted by molar-refractivity contribution is -0.0000375. The monoisotopic (exact) mass is 130 g/mol. The lowest BCUT2D eigenvalue weighted by Crippen LogP contribution is -2.39. The van der Waals surface area contributed by atoms with Gasteiger partial charge in [-0.2, -0.15) is 0 Å². The van der Waals surface area contributed by atoms with Gasteiger partial charge in [-0.05, 0) is 6.92 Å². The predicted molar refractivity (Wildman–Crippen MR) is 32.8 cm³/mol. The highest BCUT2D eigenvalue weighted by molar-refractivity contribution is 4.65. The third kappa shape index (κ3) is 1.38. The molecule has 1 aliphatic rings. The van der Waals surface area contributed by atoms with Crippen molar-refractivity contribution < 1.29 is 4.74 Å². The fourth-order valence-electron chi connectivity index (χ4n) is 0.840. The van der Waals surface area contributed by atoms with Gasteiger partial charge < -0.3 is 4.74 Å². The van der Waals surface area contributed by atoms with Gasteiger partial charge in [0.25, 0.3) is 0 Å². The van der Waals surface area contributed by atoms with Crippen LogP contribution in [0.15, 0.2) is 5.29 Å². The van der Waals surface area contributed by atoms with Crippen LogP contribution in [0.3, 0.4) is 0 Å². The van der Waals surface area contributed by atoms with E-state index in [1.54, 1.807) is 0 Å². The second-order valence-corrected chi connectivity index (χ2v) is 2.17. The van der Waals surface area contributed by atoms with Crippen molar-refractivity contribution in [3.63, 3.8) is 0 Å². The van der Waals surface area contributed by atoms with Crippen LogP contribution >= 0.6 is 0 Å². The van der Waals surface area contributed by atoms with Gasteiger partial charge in [-0.3, -0.25) is 5.01 Å². The molecule has 0 unspecified atom stereocenters. The first-order valence-electron chi connectivity index (χ1n) is 3.02. The fourth-order valence-corrected chi connectivity index (χ4v) is 0.840. The Morgan fingerprint density at radius 3 is 3.00 bits per heavy atom. The van der Waals surface area contributed by atoms with Crippen molar-refractivity contribution >= 4 is 0 Å². The Morgan fingerprint density at radius 1 is 1.78 bits per heavy atom. The summed E-state index contributed by atoms with van der Waals surface area (Å²) in [4.78, 5) is 9.99. The van der Waals surface area contributed by atoms with E-state index in [9.17, 15) is 4.91 Å². The highest BCUT2D eigenvalue weighted by Gasteiger charge is 2.16. The van der Waals surface area contributed by atoms with Crippen LogP contribution in [0.1, 0.15) is 6.92 Å². The highest BCUT2D eigenvalue weighted by Crippen LogP contribution is 2.04. The van der Waals surface area contributed by atoms with Crippen molar-refractivity contribution in [1.29, 1.82) is 0 Å². The number of nitroso groups, excluding NO2 is 1. The summed E-state index contributed by atoms with van der Waals surface area (Å²) in [6, 6.07) is 0.149. The van der Waals surface area contributed by atoms with E-state index in [2.05, 4.69) is 5.29 Å². The molecule has 0 aromatic carbocycles. The van der Waals surface area contributed by atoms with E-state index in [1.807, 2.05) is 6.92 Å². The average molecular weight is 130 g/mol. The molecular weight excluding hydrogens is 120 g/mol. The zero-order valence-corrected chi connectivity index (χ0v) is 5.41. The van der Waals surface area contributed by atoms with Gasteiger partial charge >= 0.3 is 0 Å². The van der Waals surface area contributed by atoms with Gasteiger partial charge in [0.05, 0.1) is 31.1 Å². The van der Waals surface area contributed by atoms with Gasteiger partial charge in [0, 0.05) is 0 Å². The maximum absolute atomic E-state index is 9.99. The number of nitrogens with zero attached hydrogens (tertiary/aromatic N) is 2. The summed E-state index contributed by atoms with van der Waals surface area (Å²) < 4.78 is 5.07. The van der Waals surface area contributed by atoms with Gasteiger partial charge in [-0.15, -0.1) is 4.91 Å². The molecule has 4 nitrogen and oxygen atoms in total. The Kier molecular flexibility index (Phi) is 2.00. The van der Waals surface area contributed by atoms with Gasteiger partial charge in [0.1, 0.15) is 0 Å². The molecule has 1 saturated heterocycles. The van der Waals surface area contributed by atoms with Crippen LogP contribution in [0.4, 0.5) is 0 Å². The summed E-state index contributed by atoms with van der Waals surface area (Å²) in [6.07, 6.45) is 0. The molecular formula is C5H10N2O2. The SMILES string of the molecule is C[C@H]1COCCN1N=O. The molecule has 4 heteroatoms. The minimum atomic E-state index is 0.149. The summed E-state index contributed by atoms with van der Waals surface area (Å²) in [7, 11) is 0. The van der Waals surface area contributed by atoms with E-state index in [0.29, 0.717) is 19.8 Å². The minimum Gasteiger partial charge on any atom is -0.377 e. The maximum atomic E-state index is 9.99. The molecule has 1 aliphatic heterocycles. The van der Waals surface area contributed by atoms with Crippen LogP contribution in [0, 0.1) is 4.91 Å². The van der Waals surface area contributed by atoms with Crippen LogP contribution in [0.5, 0.6) is 0 Å². The van der Waals surface area contributed by atoms with Crippen molar-refractivity contribution in [2.24, 2.45) is 5.29 Å². The third-order valence-corrected chi connectivity index (χ3v) is 1.44. The van der Waals surface area contributed by atoms with Crippen LogP contribution in [0.25, 0.3) is 0 Å². The molecule has 0 N–H and O–H groups in total. The van der Waals surface area contributed by atoms with Crippen molar-refractivity contribution in [3.8, 4) is 0 Å². The van der Waals surface area contributed by atoms with E-state index >= 15 is 0 Å². The Bertz CT molecular complexity index is 107. The van der Waals surface area contributed by atoms with Crippen molar-refractivity contribution in [1.82, 2.24) is 5.01 Å². The summed E-state index contributed by atoms with van der Waals surface area (Å²) in [5, 5.41) is 4.34. The number of ether oxygens (including phenoxy) is 1. The first-order chi connectivity index (χ1) is 4.34. The lowest BCUT2D eigenvalue weighted by atomic mass is 10.3. The number of hydrogen-bond donors (Lipinski definition) is 0. The van der Waals surface area contributed by atoms with Gasteiger partial charge in [0.2, 0.25) is 0 Å². The van der Waals surface area contributed by atoms with E-state index in [1.165, 1.54) is 5.01 Å². The molecule has 0 spiro atoms. The maximum Gasteiger partial charge on any atom is 0.0709 e. The number of morpholine rings is 1. The Hall–Kier alpha value is -0.640. The average Bonchev–Trinajstić information content (AvgIpc) is 1.89. The summed E-state index contributed by atoms with van der Waals surface area (Å²) in [5.41, 5.74) is 0. The van der Waals surface area contributed by atoms with Gasteiger partial charge in [0.15, 0.2) is 0 Å². The molecule has 52 valence electrons. The van der Waals surface area contributed by atoms with Crippen LogP contribution in [0.2, 0.25) is 0 Å². The molecule has 0 saturated carbocycles. The van der Waals surface area contributed by atoms with E-state index in [4.69, 9.17) is 4.74 Å². The molecule has 0 bridgehead atoms. The molecule has 9 heavy (non-hydrogen) atoms. The van der Waals surface area contributed by atoms with E-state index in [-0.39, 0.29) is 6.04 Å². The Labute approximate surface area is 53.7 Å². The normalized spacial score (nSPS) is 28.1. The summed E-state index contributed by atoms with van der Waals surface area (Å²) in [5.74, 6) is 0. The fraction of sp³-hybridized carbons (Fsp3) is 1.00. The van der Waals surface area contributed by atoms with E-state index in [0.717, 1.165) is 0 Å². The predicted octanol–water partition coefficient (Wildman–Crippen LogP) is 0.388. The Morgan fingerprint density at radius 2 is 2.56 bits per heavy atom. The van der Waals surface area contributed by atoms with E-state index < -0.39 is 0 Å². The molecule has 0 aliphatic carbocycles. The Balaban J connectivity index is 2.38. The topological polar surface area (TPSA) is 41.9 Å². The zero-order valence-electron chi connectivity index (χ0n) is 5.41. The smallest absolute Gasteiger partial charge is 0.0709 e. The minimum absolute atomic E-state index is 0.149. The zero-order chi connectivity index (χ0) is 6.69. The number of hydrogen-bond acceptors (Lipinski definition) is 3. The second-order valence-electron chi connectivity index (χ2n) is 2.17. The molecule has 0 amide bonds. The first kappa shape index (κ1) is 6.48. The quantitative estimate of drug-likeness (QED) is 0.482. The lowest BCUT2D eigenvalue weighted by Gasteiger charge is -2.27. The second kappa shape index (κ2) is 2.77. The molecule has 0 aromatic heterocycles. The number of rotatable bonds is 1. The van der Waals surface area contributed by atoms with Crippen molar-refractivity contribution in [2.75, 3.05) is 19.8 Å². The molecule has 0 aromatic rings. The molecule has 1 atom stereocenters. The molecule has 1 rings (SSSR count). The van der Waals surface area contributed by atoms with Crippen molar-refractivity contribution in [2.45, 2.75) is 13.0 Å². The first-order valence-corrected chi connectivity index (χ1v) is 3.02. The van der Waals surface area contributed by atoms with Crippen LogP contribution < -0.4 is 0 Å². The molecule has 0 radical (unpaired) electrons.